The summed E-state index contributed by atoms with van der Waals surface area (Å²) in [7, 11) is -3.57. The summed E-state index contributed by atoms with van der Waals surface area (Å²) in [4.78, 5) is 30.6. The molecule has 1 aliphatic heterocycles. The molecule has 1 fully saturated rings. The van der Waals surface area contributed by atoms with Crippen molar-refractivity contribution in [3.05, 3.63) is 89.2 Å². The highest BCUT2D eigenvalue weighted by molar-refractivity contribution is 7.99. The van der Waals surface area contributed by atoms with E-state index in [1.165, 1.54) is 51.7 Å². The van der Waals surface area contributed by atoms with Crippen molar-refractivity contribution in [2.75, 3.05) is 24.2 Å². The van der Waals surface area contributed by atoms with Crippen molar-refractivity contribution in [3.8, 4) is 5.69 Å². The van der Waals surface area contributed by atoms with Gasteiger partial charge in [0.1, 0.15) is 0 Å². The van der Waals surface area contributed by atoms with Crippen molar-refractivity contribution in [3.63, 3.8) is 0 Å². The third kappa shape index (κ3) is 6.64. The first-order chi connectivity index (χ1) is 21.7. The average Bonchev–Trinajstić information content (AvgIpc) is 3.81. The van der Waals surface area contributed by atoms with Gasteiger partial charge in [0.05, 0.1) is 33.1 Å². The molecule has 0 saturated carbocycles. The Hall–Kier alpha value is -4.11. The topological polar surface area (TPSA) is 139 Å². The van der Waals surface area contributed by atoms with Crippen LogP contribution in [0.1, 0.15) is 40.2 Å². The maximum atomic E-state index is 13.1. The number of hydrogen-bond acceptors (Lipinski definition) is 9. The van der Waals surface area contributed by atoms with E-state index >= 15 is 0 Å². The number of aryl methyl sites for hydroxylation is 1. The number of carbonyl (C=O) groups is 2. The summed E-state index contributed by atoms with van der Waals surface area (Å²) in [6.07, 6.45) is 1.70. The second-order valence-corrected chi connectivity index (χ2v) is 14.5. The van der Waals surface area contributed by atoms with Gasteiger partial charge in [-0.3, -0.25) is 14.2 Å². The number of nitrogens with zero attached hydrogens (tertiary/aromatic N) is 5. The highest BCUT2D eigenvalue weighted by Crippen LogP contribution is 2.28. The number of thiazole rings is 1. The molecule has 0 atom stereocenters. The first-order valence-electron chi connectivity index (χ1n) is 14.4. The number of carbonyl (C=O) groups excluding carboxylic acids is 2. The van der Waals surface area contributed by atoms with Crippen molar-refractivity contribution in [2.24, 2.45) is 0 Å². The van der Waals surface area contributed by atoms with E-state index < -0.39 is 10.0 Å². The van der Waals surface area contributed by atoms with Crippen LogP contribution < -0.4 is 10.6 Å². The van der Waals surface area contributed by atoms with Crippen LogP contribution in [0.25, 0.3) is 15.9 Å². The number of nitrogens with one attached hydrogen (secondary N) is 2. The van der Waals surface area contributed by atoms with Crippen LogP contribution in [0.3, 0.4) is 0 Å². The molecule has 1 saturated heterocycles. The Bertz CT molecular complexity index is 1950. The number of benzene rings is 3. The highest BCUT2D eigenvalue weighted by atomic mass is 32.2. The van der Waals surface area contributed by atoms with Gasteiger partial charge in [-0.15, -0.1) is 10.2 Å². The fraction of sp³-hybridized carbons (Fsp3) is 0.258. The van der Waals surface area contributed by atoms with Gasteiger partial charge in [-0.05, 0) is 80.3 Å². The molecular weight excluding hydrogens is 631 g/mol. The molecule has 5 aromatic rings. The molecule has 0 spiro atoms. The van der Waals surface area contributed by atoms with Gasteiger partial charge in [0, 0.05) is 18.7 Å². The number of sulfonamides is 1. The number of amides is 2. The standard InChI is InChI=1S/C31H31N7O4S3/c1-20-8-7-10-25(21(20)2)38-27(18-32-29(40)22-12-14-23(15-13-22)45(41,42)37-16-5-6-17-37)35-36-31(38)43-19-28(39)34-30-33-24-9-3-4-11-26(24)44-30/h3-4,7-15H,5-6,16-19H2,1-2H3,(H,32,40)(H,33,34,39). The third-order valence-electron chi connectivity index (χ3n) is 7.62. The lowest BCUT2D eigenvalue weighted by atomic mass is 10.1. The van der Waals surface area contributed by atoms with Gasteiger partial charge < -0.3 is 10.6 Å². The molecule has 45 heavy (non-hydrogen) atoms. The molecule has 2 amide bonds. The van der Waals surface area contributed by atoms with E-state index in [2.05, 4.69) is 25.8 Å². The van der Waals surface area contributed by atoms with Gasteiger partial charge in [0.15, 0.2) is 16.1 Å². The van der Waals surface area contributed by atoms with Crippen LogP contribution in [-0.4, -0.2) is 63.1 Å². The quantitative estimate of drug-likeness (QED) is 0.201. The summed E-state index contributed by atoms with van der Waals surface area (Å²) in [6, 6.07) is 19.5. The van der Waals surface area contributed by atoms with E-state index in [1.807, 2.05) is 60.9 Å². The van der Waals surface area contributed by atoms with Gasteiger partial charge in [0.25, 0.3) is 5.91 Å². The average molecular weight is 662 g/mol. The van der Waals surface area contributed by atoms with Gasteiger partial charge in [0.2, 0.25) is 15.9 Å². The lowest BCUT2D eigenvalue weighted by Crippen LogP contribution is -2.28. The molecule has 6 rings (SSSR count). The van der Waals surface area contributed by atoms with Crippen molar-refractivity contribution < 1.29 is 18.0 Å². The molecule has 3 heterocycles. The van der Waals surface area contributed by atoms with Crippen molar-refractivity contribution >= 4 is 60.3 Å². The first-order valence-corrected chi connectivity index (χ1v) is 17.6. The van der Waals surface area contributed by atoms with Crippen LogP contribution in [0.2, 0.25) is 0 Å². The number of fused-ring (bicyclic) bond motifs is 1. The molecular formula is C31H31N7O4S3. The monoisotopic (exact) mass is 661 g/mol. The van der Waals surface area contributed by atoms with Crippen molar-refractivity contribution in [1.29, 1.82) is 0 Å². The van der Waals surface area contributed by atoms with Crippen LogP contribution >= 0.6 is 23.1 Å². The van der Waals surface area contributed by atoms with E-state index in [1.54, 1.807) is 0 Å². The Labute approximate surface area is 269 Å². The Morgan fingerprint density at radius 1 is 0.956 bits per heavy atom. The number of para-hydroxylation sites is 1. The highest BCUT2D eigenvalue weighted by Gasteiger charge is 2.27. The van der Waals surface area contributed by atoms with E-state index in [0.717, 1.165) is 39.9 Å². The molecule has 3 aromatic carbocycles. The normalized spacial score (nSPS) is 13.7. The van der Waals surface area contributed by atoms with E-state index in [4.69, 9.17) is 0 Å². The summed E-state index contributed by atoms with van der Waals surface area (Å²) < 4.78 is 30.0. The van der Waals surface area contributed by atoms with E-state index in [-0.39, 0.29) is 29.0 Å². The molecule has 0 radical (unpaired) electrons. The zero-order chi connectivity index (χ0) is 31.6. The second kappa shape index (κ2) is 13.1. The molecule has 2 aromatic heterocycles. The zero-order valence-corrected chi connectivity index (χ0v) is 27.1. The van der Waals surface area contributed by atoms with Crippen molar-refractivity contribution in [2.45, 2.75) is 43.3 Å². The number of thioether (sulfide) groups is 1. The predicted molar refractivity (Wildman–Crippen MR) is 175 cm³/mol. The predicted octanol–water partition coefficient (Wildman–Crippen LogP) is 4.94. The molecule has 0 bridgehead atoms. The van der Waals surface area contributed by atoms with E-state index in [9.17, 15) is 18.0 Å². The van der Waals surface area contributed by atoms with Gasteiger partial charge >= 0.3 is 0 Å². The number of anilines is 1. The number of aromatic nitrogens is 4. The fourth-order valence-electron chi connectivity index (χ4n) is 5.06. The molecule has 0 unspecified atom stereocenters. The van der Waals surface area contributed by atoms with Crippen LogP contribution in [0.15, 0.2) is 76.8 Å². The maximum absolute atomic E-state index is 13.1. The molecule has 14 heteroatoms. The summed E-state index contributed by atoms with van der Waals surface area (Å²) in [6.45, 7) is 5.10. The number of rotatable bonds is 10. The molecule has 1 aliphatic rings. The second-order valence-electron chi connectivity index (χ2n) is 10.6. The lowest BCUT2D eigenvalue weighted by molar-refractivity contribution is -0.113. The van der Waals surface area contributed by atoms with Crippen LogP contribution in [-0.2, 0) is 21.4 Å². The van der Waals surface area contributed by atoms with Crippen LogP contribution in [0.4, 0.5) is 5.13 Å². The largest absolute Gasteiger partial charge is 0.345 e. The third-order valence-corrected chi connectivity index (χ3v) is 11.4. The van der Waals surface area contributed by atoms with Crippen LogP contribution in [0, 0.1) is 13.8 Å². The van der Waals surface area contributed by atoms with Gasteiger partial charge in [-0.25, -0.2) is 13.4 Å². The summed E-state index contributed by atoms with van der Waals surface area (Å²) in [5.74, 6) is -0.0307. The van der Waals surface area contributed by atoms with Crippen molar-refractivity contribution in [1.82, 2.24) is 29.4 Å². The fourth-order valence-corrected chi connectivity index (χ4v) is 8.22. The molecule has 0 aliphatic carbocycles. The SMILES string of the molecule is Cc1cccc(-n2c(CNC(=O)c3ccc(S(=O)(=O)N4CCCC4)cc3)nnc2SCC(=O)Nc2nc3ccccc3s2)c1C. The molecule has 232 valence electrons. The van der Waals surface area contributed by atoms with Gasteiger partial charge in [-0.1, -0.05) is 47.4 Å². The summed E-state index contributed by atoms with van der Waals surface area (Å²) in [5.41, 5.74) is 4.09. The van der Waals surface area contributed by atoms with E-state index in [0.29, 0.717) is 34.8 Å². The minimum Gasteiger partial charge on any atom is -0.345 e. The summed E-state index contributed by atoms with van der Waals surface area (Å²) >= 11 is 2.65. The first kappa shape index (κ1) is 30.9. The smallest absolute Gasteiger partial charge is 0.251 e. The summed E-state index contributed by atoms with van der Waals surface area (Å²) in [5, 5.41) is 15.5. The minimum absolute atomic E-state index is 0.0610. The number of hydrogen-bond donors (Lipinski definition) is 2. The van der Waals surface area contributed by atoms with Gasteiger partial charge in [-0.2, -0.15) is 4.31 Å². The zero-order valence-electron chi connectivity index (χ0n) is 24.7. The minimum atomic E-state index is -3.57. The maximum Gasteiger partial charge on any atom is 0.251 e. The lowest BCUT2D eigenvalue weighted by Gasteiger charge is -2.16. The van der Waals surface area contributed by atoms with Crippen LogP contribution in [0.5, 0.6) is 0 Å². The molecule has 2 N–H and O–H groups in total. The Balaban J connectivity index is 1.17. The molecule has 11 nitrogen and oxygen atoms in total. The Morgan fingerprint density at radius 2 is 1.71 bits per heavy atom. The Kier molecular flexibility index (Phi) is 8.99. The Morgan fingerprint density at radius 3 is 2.47 bits per heavy atom.